The van der Waals surface area contributed by atoms with E-state index in [9.17, 15) is 0 Å². The Morgan fingerprint density at radius 1 is 1.50 bits per heavy atom. The van der Waals surface area contributed by atoms with Crippen LogP contribution in [0.5, 0.6) is 0 Å². The van der Waals surface area contributed by atoms with Gasteiger partial charge in [0.2, 0.25) is 0 Å². The van der Waals surface area contributed by atoms with Crippen molar-refractivity contribution < 1.29 is 0 Å². The maximum Gasteiger partial charge on any atom is 0.111 e. The van der Waals surface area contributed by atoms with E-state index in [4.69, 9.17) is 5.73 Å². The number of nitrogens with two attached hydrogens (primary N) is 1. The van der Waals surface area contributed by atoms with E-state index < -0.39 is 0 Å². The molecule has 0 amide bonds. The van der Waals surface area contributed by atoms with Crippen molar-refractivity contribution in [2.45, 2.75) is 26.3 Å². The number of aromatic nitrogens is 1. The molecule has 0 aliphatic carbocycles. The fourth-order valence-corrected chi connectivity index (χ4v) is 2.57. The van der Waals surface area contributed by atoms with Crippen LogP contribution >= 0.6 is 11.3 Å². The lowest BCUT2D eigenvalue weighted by molar-refractivity contribution is 0.694. The number of aryl methyl sites for hydroxylation is 1. The Bertz CT molecular complexity index is 447. The normalized spacial score (nSPS) is 13.4. The highest BCUT2D eigenvalue weighted by Gasteiger charge is 2.10. The van der Waals surface area contributed by atoms with Gasteiger partial charge in [-0.1, -0.05) is 19.1 Å². The second-order valence-corrected chi connectivity index (χ2v) is 4.55. The predicted molar refractivity (Wildman–Crippen MR) is 61.6 cm³/mol. The molecule has 0 spiro atoms. The first-order valence-electron chi connectivity index (χ1n) is 4.84. The first-order chi connectivity index (χ1) is 6.72. The molecule has 74 valence electrons. The molecule has 0 saturated heterocycles. The number of fused-ring (bicyclic) bond motifs is 1. The summed E-state index contributed by atoms with van der Waals surface area (Å²) in [5.41, 5.74) is 8.29. The zero-order chi connectivity index (χ0) is 10.1. The van der Waals surface area contributed by atoms with Crippen molar-refractivity contribution in [2.24, 2.45) is 5.73 Å². The van der Waals surface area contributed by atoms with Gasteiger partial charge in [0.15, 0.2) is 0 Å². The van der Waals surface area contributed by atoms with Crippen molar-refractivity contribution in [3.05, 3.63) is 28.8 Å². The van der Waals surface area contributed by atoms with Gasteiger partial charge >= 0.3 is 0 Å². The first kappa shape index (κ1) is 9.62. The molecule has 0 radical (unpaired) electrons. The van der Waals surface area contributed by atoms with Gasteiger partial charge in [-0.25, -0.2) is 4.98 Å². The van der Waals surface area contributed by atoms with Crippen LogP contribution in [0, 0.1) is 6.92 Å². The second-order valence-electron chi connectivity index (χ2n) is 3.49. The predicted octanol–water partition coefficient (Wildman–Crippen LogP) is 3.01. The highest BCUT2D eigenvalue weighted by atomic mass is 32.1. The Morgan fingerprint density at radius 3 is 2.93 bits per heavy atom. The molecular formula is C11H14N2S. The molecule has 0 bridgehead atoms. The van der Waals surface area contributed by atoms with Crippen molar-refractivity contribution in [2.75, 3.05) is 0 Å². The van der Waals surface area contributed by atoms with E-state index in [1.54, 1.807) is 11.3 Å². The largest absolute Gasteiger partial charge is 0.322 e. The quantitative estimate of drug-likeness (QED) is 0.820. The molecular weight excluding hydrogens is 192 g/mol. The molecule has 2 nitrogen and oxygen atoms in total. The van der Waals surface area contributed by atoms with Crippen LogP contribution in [0.3, 0.4) is 0 Å². The smallest absolute Gasteiger partial charge is 0.111 e. The number of benzene rings is 1. The molecule has 0 saturated carbocycles. The van der Waals surface area contributed by atoms with Gasteiger partial charge < -0.3 is 5.73 Å². The van der Waals surface area contributed by atoms with Crippen LogP contribution in [-0.4, -0.2) is 4.98 Å². The monoisotopic (exact) mass is 206 g/mol. The van der Waals surface area contributed by atoms with Crippen LogP contribution in [0.1, 0.15) is 30.0 Å². The summed E-state index contributed by atoms with van der Waals surface area (Å²) in [6.45, 7) is 4.17. The van der Waals surface area contributed by atoms with Gasteiger partial charge in [-0.05, 0) is 25.0 Å². The van der Waals surface area contributed by atoms with E-state index >= 15 is 0 Å². The zero-order valence-electron chi connectivity index (χ0n) is 8.45. The Balaban J connectivity index is 2.56. The number of hydrogen-bond acceptors (Lipinski definition) is 3. The molecule has 1 heterocycles. The molecule has 14 heavy (non-hydrogen) atoms. The minimum atomic E-state index is 0.0896. The molecule has 1 atom stereocenters. The van der Waals surface area contributed by atoms with Gasteiger partial charge in [-0.3, -0.25) is 0 Å². The molecule has 2 N–H and O–H groups in total. The van der Waals surface area contributed by atoms with E-state index in [-0.39, 0.29) is 6.04 Å². The number of para-hydroxylation sites is 1. The van der Waals surface area contributed by atoms with Crippen LogP contribution in [0.2, 0.25) is 0 Å². The van der Waals surface area contributed by atoms with Gasteiger partial charge in [0, 0.05) is 0 Å². The summed E-state index contributed by atoms with van der Waals surface area (Å²) in [4.78, 5) is 4.58. The molecule has 2 rings (SSSR count). The summed E-state index contributed by atoms with van der Waals surface area (Å²) in [5.74, 6) is 0. The highest BCUT2D eigenvalue weighted by molar-refractivity contribution is 7.18. The minimum Gasteiger partial charge on any atom is -0.322 e. The molecule has 1 aromatic heterocycles. The van der Waals surface area contributed by atoms with E-state index in [1.165, 1.54) is 10.3 Å². The van der Waals surface area contributed by atoms with E-state index in [0.29, 0.717) is 0 Å². The molecule has 1 aromatic carbocycles. The van der Waals surface area contributed by atoms with Crippen LogP contribution in [0.15, 0.2) is 18.2 Å². The van der Waals surface area contributed by atoms with Crippen LogP contribution in [-0.2, 0) is 0 Å². The lowest BCUT2D eigenvalue weighted by Gasteiger charge is -2.01. The van der Waals surface area contributed by atoms with Gasteiger partial charge in [-0.15, -0.1) is 11.3 Å². The highest BCUT2D eigenvalue weighted by Crippen LogP contribution is 2.28. The van der Waals surface area contributed by atoms with Crippen LogP contribution < -0.4 is 5.73 Å². The lowest BCUT2D eigenvalue weighted by Crippen LogP contribution is -2.07. The average Bonchev–Trinajstić information content (AvgIpc) is 2.62. The fraction of sp³-hybridized carbons (Fsp3) is 0.364. The molecule has 0 fully saturated rings. The number of rotatable bonds is 2. The van der Waals surface area contributed by atoms with Crippen molar-refractivity contribution in [3.8, 4) is 0 Å². The van der Waals surface area contributed by atoms with Gasteiger partial charge in [0.1, 0.15) is 5.01 Å². The summed E-state index contributed by atoms with van der Waals surface area (Å²) in [6.07, 6.45) is 0.943. The Hall–Kier alpha value is -0.930. The van der Waals surface area contributed by atoms with Crippen molar-refractivity contribution >= 4 is 21.6 Å². The van der Waals surface area contributed by atoms with E-state index in [1.807, 2.05) is 0 Å². The standard InChI is InChI=1S/C11H14N2S/c1-3-8(12)11-13-10-7(2)5-4-6-9(10)14-11/h4-6,8H,3,12H2,1-2H3. The van der Waals surface area contributed by atoms with Gasteiger partial charge in [0.05, 0.1) is 16.3 Å². The fourth-order valence-electron chi connectivity index (χ4n) is 1.44. The van der Waals surface area contributed by atoms with E-state index in [0.717, 1.165) is 16.9 Å². The van der Waals surface area contributed by atoms with Crippen molar-refractivity contribution in [1.82, 2.24) is 4.98 Å². The molecule has 0 aliphatic rings. The Kier molecular flexibility index (Phi) is 2.52. The van der Waals surface area contributed by atoms with Gasteiger partial charge in [0.25, 0.3) is 0 Å². The first-order valence-corrected chi connectivity index (χ1v) is 5.65. The van der Waals surface area contributed by atoms with Gasteiger partial charge in [-0.2, -0.15) is 0 Å². The zero-order valence-corrected chi connectivity index (χ0v) is 9.27. The second kappa shape index (κ2) is 3.67. The van der Waals surface area contributed by atoms with Crippen molar-refractivity contribution in [1.29, 1.82) is 0 Å². The summed E-state index contributed by atoms with van der Waals surface area (Å²) >= 11 is 1.71. The summed E-state index contributed by atoms with van der Waals surface area (Å²) < 4.78 is 1.24. The maximum atomic E-state index is 5.96. The number of nitrogens with zero attached hydrogens (tertiary/aromatic N) is 1. The summed E-state index contributed by atoms with van der Waals surface area (Å²) in [5, 5.41) is 1.05. The maximum absolute atomic E-state index is 5.96. The van der Waals surface area contributed by atoms with Crippen molar-refractivity contribution in [3.63, 3.8) is 0 Å². The number of thiazole rings is 1. The summed E-state index contributed by atoms with van der Waals surface area (Å²) in [7, 11) is 0. The topological polar surface area (TPSA) is 38.9 Å². The SMILES string of the molecule is CCC(N)c1nc2c(C)cccc2s1. The van der Waals surface area contributed by atoms with E-state index in [2.05, 4.69) is 37.0 Å². The third kappa shape index (κ3) is 1.53. The number of hydrogen-bond donors (Lipinski definition) is 1. The Morgan fingerprint density at radius 2 is 2.29 bits per heavy atom. The average molecular weight is 206 g/mol. The minimum absolute atomic E-state index is 0.0896. The third-order valence-electron chi connectivity index (χ3n) is 2.39. The lowest BCUT2D eigenvalue weighted by atomic mass is 10.2. The molecule has 2 aromatic rings. The third-order valence-corrected chi connectivity index (χ3v) is 3.55. The molecule has 3 heteroatoms. The summed E-state index contributed by atoms with van der Waals surface area (Å²) in [6, 6.07) is 6.35. The Labute approximate surface area is 87.8 Å². The van der Waals surface area contributed by atoms with Crippen LogP contribution in [0.25, 0.3) is 10.2 Å². The molecule has 0 aliphatic heterocycles. The molecule has 1 unspecified atom stereocenters. The van der Waals surface area contributed by atoms with Crippen LogP contribution in [0.4, 0.5) is 0 Å².